The Kier molecular flexibility index (Phi) is 9.18. The van der Waals surface area contributed by atoms with Gasteiger partial charge in [-0.05, 0) is 153 Å². The van der Waals surface area contributed by atoms with Gasteiger partial charge in [0.15, 0.2) is 0 Å². The first-order valence-corrected chi connectivity index (χ1v) is 22.5. The summed E-state index contributed by atoms with van der Waals surface area (Å²) in [7, 11) is 0. The third-order valence-corrected chi connectivity index (χ3v) is 15.0. The van der Waals surface area contributed by atoms with Crippen LogP contribution in [0.1, 0.15) is 106 Å². The number of fused-ring (bicyclic) bond motifs is 5. The summed E-state index contributed by atoms with van der Waals surface area (Å²) >= 11 is 0. The molecule has 292 valence electrons. The molecule has 11 rings (SSSR count). The Morgan fingerprint density at radius 1 is 0.441 bits per heavy atom. The molecular weight excluding hydrogens is 711 g/mol. The summed E-state index contributed by atoms with van der Waals surface area (Å²) in [6.07, 6.45) is 12.4. The molecule has 1 heteroatoms. The smallest absolute Gasteiger partial charge is 0.0543 e. The summed E-state index contributed by atoms with van der Waals surface area (Å²) < 4.78 is 0. The molecule has 3 saturated carbocycles. The van der Waals surface area contributed by atoms with Crippen molar-refractivity contribution in [2.75, 3.05) is 4.90 Å². The van der Waals surface area contributed by atoms with Crippen LogP contribution in [-0.4, -0.2) is 0 Å². The van der Waals surface area contributed by atoms with Gasteiger partial charge < -0.3 is 4.90 Å². The second kappa shape index (κ2) is 14.9. The average molecular weight is 766 g/mol. The average Bonchev–Trinajstić information content (AvgIpc) is 4.00. The highest BCUT2D eigenvalue weighted by Crippen LogP contribution is 2.55. The van der Waals surface area contributed by atoms with Gasteiger partial charge in [-0.2, -0.15) is 0 Å². The van der Waals surface area contributed by atoms with E-state index in [-0.39, 0.29) is 5.41 Å². The minimum Gasteiger partial charge on any atom is -0.310 e. The van der Waals surface area contributed by atoms with Crippen LogP contribution in [0.2, 0.25) is 0 Å². The van der Waals surface area contributed by atoms with E-state index in [1.54, 1.807) is 5.56 Å². The second-order valence-electron chi connectivity index (χ2n) is 18.7. The van der Waals surface area contributed by atoms with E-state index < -0.39 is 0 Å². The van der Waals surface area contributed by atoms with Crippen molar-refractivity contribution in [1.82, 2.24) is 0 Å². The molecule has 7 aromatic carbocycles. The van der Waals surface area contributed by atoms with Gasteiger partial charge in [0.05, 0.1) is 5.69 Å². The molecule has 0 spiro atoms. The van der Waals surface area contributed by atoms with Crippen molar-refractivity contribution in [1.29, 1.82) is 0 Å². The van der Waals surface area contributed by atoms with Crippen molar-refractivity contribution in [2.24, 2.45) is 11.8 Å². The molecular formula is C58H55N. The fraction of sp³-hybridized carbons (Fsp3) is 0.276. The number of rotatable bonds is 8. The first-order chi connectivity index (χ1) is 29.0. The minimum absolute atomic E-state index is 0.124. The Labute approximate surface area is 351 Å². The van der Waals surface area contributed by atoms with E-state index in [4.69, 9.17) is 0 Å². The predicted molar refractivity (Wildman–Crippen MR) is 249 cm³/mol. The lowest BCUT2D eigenvalue weighted by Gasteiger charge is -2.31. The van der Waals surface area contributed by atoms with Crippen LogP contribution in [0, 0.1) is 11.8 Å². The number of hydrogen-bond donors (Lipinski definition) is 0. The zero-order valence-corrected chi connectivity index (χ0v) is 34.7. The van der Waals surface area contributed by atoms with E-state index >= 15 is 0 Å². The Morgan fingerprint density at radius 2 is 1.02 bits per heavy atom. The van der Waals surface area contributed by atoms with Crippen molar-refractivity contribution < 1.29 is 0 Å². The Bertz CT molecular complexity index is 2590. The zero-order chi connectivity index (χ0) is 39.5. The Balaban J connectivity index is 1.03. The predicted octanol–water partition coefficient (Wildman–Crippen LogP) is 16.4. The summed E-state index contributed by atoms with van der Waals surface area (Å²) in [5.41, 5.74) is 19.5. The van der Waals surface area contributed by atoms with E-state index in [1.165, 1.54) is 136 Å². The molecule has 2 bridgehead atoms. The molecule has 3 fully saturated rings. The maximum atomic E-state index is 2.53. The molecule has 0 radical (unpaired) electrons. The van der Waals surface area contributed by atoms with Crippen LogP contribution in [0.25, 0.3) is 44.5 Å². The highest BCUT2D eigenvalue weighted by atomic mass is 15.1. The highest BCUT2D eigenvalue weighted by molar-refractivity contribution is 5.95. The van der Waals surface area contributed by atoms with E-state index in [1.807, 2.05) is 0 Å². The molecule has 0 heterocycles. The third kappa shape index (κ3) is 6.55. The van der Waals surface area contributed by atoms with Gasteiger partial charge in [-0.25, -0.2) is 0 Å². The van der Waals surface area contributed by atoms with Gasteiger partial charge in [-0.3, -0.25) is 0 Å². The van der Waals surface area contributed by atoms with Crippen LogP contribution in [0.5, 0.6) is 0 Å². The zero-order valence-electron chi connectivity index (χ0n) is 34.7. The standard InChI is InChI=1S/C58H55N/c1-58(2)55-16-10-9-15-51(55)54-37-53(47-25-21-42(22-26-47)40-11-5-3-6-12-40)57(38-56(54)58)59(49-31-27-44(28-32-49)41-13-7-4-8-14-41)50-33-29-45(30-34-50)43-19-23-46(24-20-43)52-36-39-17-18-48(52)35-39/h3,5-6,9-12,15-16,19-34,37-39,41,48,52H,4,7-8,13-14,17-18,35-36H2,1-2H3. The molecule has 0 amide bonds. The van der Waals surface area contributed by atoms with Crippen molar-refractivity contribution >= 4 is 17.1 Å². The maximum absolute atomic E-state index is 2.53. The van der Waals surface area contributed by atoms with Crippen LogP contribution in [-0.2, 0) is 5.41 Å². The van der Waals surface area contributed by atoms with Gasteiger partial charge >= 0.3 is 0 Å². The van der Waals surface area contributed by atoms with E-state index in [2.05, 4.69) is 183 Å². The Morgan fingerprint density at radius 3 is 1.68 bits per heavy atom. The number of nitrogens with zero attached hydrogens (tertiary/aromatic N) is 1. The fourth-order valence-electron chi connectivity index (χ4n) is 11.8. The summed E-state index contributed by atoms with van der Waals surface area (Å²) in [6.45, 7) is 4.80. The van der Waals surface area contributed by atoms with Gasteiger partial charge in [-0.1, -0.05) is 167 Å². The molecule has 0 saturated heterocycles. The first kappa shape index (κ1) is 36.4. The lowest BCUT2D eigenvalue weighted by Crippen LogP contribution is -2.17. The van der Waals surface area contributed by atoms with Crippen molar-refractivity contribution in [3.63, 3.8) is 0 Å². The monoisotopic (exact) mass is 765 g/mol. The van der Waals surface area contributed by atoms with Crippen molar-refractivity contribution in [3.05, 3.63) is 186 Å². The molecule has 4 aliphatic carbocycles. The van der Waals surface area contributed by atoms with Gasteiger partial charge in [-0.15, -0.1) is 0 Å². The molecule has 4 aliphatic rings. The summed E-state index contributed by atoms with van der Waals surface area (Å²) in [6, 6.07) is 62.6. The lowest BCUT2D eigenvalue weighted by molar-refractivity contribution is 0.420. The number of hydrogen-bond acceptors (Lipinski definition) is 1. The second-order valence-corrected chi connectivity index (χ2v) is 18.7. The van der Waals surface area contributed by atoms with Crippen molar-refractivity contribution in [2.45, 2.75) is 88.9 Å². The van der Waals surface area contributed by atoms with E-state index in [0.29, 0.717) is 5.92 Å². The van der Waals surface area contributed by atoms with Gasteiger partial charge in [0.2, 0.25) is 0 Å². The summed E-state index contributed by atoms with van der Waals surface area (Å²) in [4.78, 5) is 2.53. The molecule has 1 nitrogen and oxygen atoms in total. The topological polar surface area (TPSA) is 3.24 Å². The fourth-order valence-corrected chi connectivity index (χ4v) is 11.8. The van der Waals surface area contributed by atoms with Gasteiger partial charge in [0.25, 0.3) is 0 Å². The largest absolute Gasteiger partial charge is 0.310 e. The van der Waals surface area contributed by atoms with E-state index in [9.17, 15) is 0 Å². The van der Waals surface area contributed by atoms with Gasteiger partial charge in [0, 0.05) is 22.4 Å². The molecule has 0 aromatic heterocycles. The summed E-state index contributed by atoms with van der Waals surface area (Å²) in [5.74, 6) is 3.29. The highest BCUT2D eigenvalue weighted by Gasteiger charge is 2.40. The minimum atomic E-state index is -0.124. The lowest BCUT2D eigenvalue weighted by atomic mass is 9.81. The van der Waals surface area contributed by atoms with E-state index in [0.717, 1.165) is 17.8 Å². The molecule has 3 atom stereocenters. The SMILES string of the molecule is CC1(C)c2ccccc2-c2cc(-c3ccc(-c4ccccc4)cc3)c(N(c3ccc(-c4ccc(C5CC6CCC5C6)cc4)cc3)c3ccc(C4CCCCC4)cc3)cc21. The van der Waals surface area contributed by atoms with Crippen LogP contribution >= 0.6 is 0 Å². The molecule has 0 aliphatic heterocycles. The van der Waals surface area contributed by atoms with Crippen LogP contribution in [0.4, 0.5) is 17.1 Å². The third-order valence-electron chi connectivity index (χ3n) is 15.0. The molecule has 59 heavy (non-hydrogen) atoms. The van der Waals surface area contributed by atoms with Crippen LogP contribution < -0.4 is 4.90 Å². The maximum Gasteiger partial charge on any atom is 0.0543 e. The molecule has 3 unspecified atom stereocenters. The number of anilines is 3. The van der Waals surface area contributed by atoms with Gasteiger partial charge in [0.1, 0.15) is 0 Å². The normalized spacial score (nSPS) is 20.3. The van der Waals surface area contributed by atoms with Crippen molar-refractivity contribution in [3.8, 4) is 44.5 Å². The quantitative estimate of drug-likeness (QED) is 0.149. The Hall–Kier alpha value is -5.66. The summed E-state index contributed by atoms with van der Waals surface area (Å²) in [5, 5.41) is 0. The molecule has 0 N–H and O–H groups in total. The first-order valence-electron chi connectivity index (χ1n) is 22.5. The van der Waals surface area contributed by atoms with Crippen LogP contribution in [0.3, 0.4) is 0 Å². The van der Waals surface area contributed by atoms with Crippen LogP contribution in [0.15, 0.2) is 164 Å². The number of benzene rings is 7. The molecule has 7 aromatic rings.